The number of rotatable bonds is 5. The molecule has 1 atom stereocenters. The van der Waals surface area contributed by atoms with Crippen molar-refractivity contribution in [2.45, 2.75) is 39.2 Å². The topological polar surface area (TPSA) is 40.5 Å². The monoisotopic (exact) mass is 261 g/mol. The van der Waals surface area contributed by atoms with Crippen LogP contribution in [0.5, 0.6) is 0 Å². The molecule has 1 aliphatic heterocycles. The summed E-state index contributed by atoms with van der Waals surface area (Å²) in [5.41, 5.74) is 2.68. The van der Waals surface area contributed by atoms with Crippen molar-refractivity contribution < 1.29 is 9.90 Å². The lowest BCUT2D eigenvalue weighted by molar-refractivity contribution is -0.143. The fourth-order valence-corrected chi connectivity index (χ4v) is 2.83. The third kappa shape index (κ3) is 4.06. The Kier molecular flexibility index (Phi) is 4.97. The van der Waals surface area contributed by atoms with Crippen LogP contribution in [0.1, 0.15) is 37.3 Å². The third-order valence-electron chi connectivity index (χ3n) is 3.79. The van der Waals surface area contributed by atoms with Crippen molar-refractivity contribution >= 4 is 5.97 Å². The Balaban J connectivity index is 1.96. The largest absolute Gasteiger partial charge is 0.481 e. The lowest BCUT2D eigenvalue weighted by Crippen LogP contribution is -2.38. The number of hydrogen-bond donors (Lipinski definition) is 1. The van der Waals surface area contributed by atoms with Gasteiger partial charge in [-0.05, 0) is 36.9 Å². The van der Waals surface area contributed by atoms with Crippen molar-refractivity contribution in [1.29, 1.82) is 0 Å². The van der Waals surface area contributed by atoms with E-state index in [4.69, 9.17) is 5.11 Å². The summed E-state index contributed by atoms with van der Waals surface area (Å²) in [6.07, 6.45) is 4.09. The lowest BCUT2D eigenvalue weighted by Gasteiger charge is -2.30. The van der Waals surface area contributed by atoms with Gasteiger partial charge in [-0.1, -0.05) is 37.6 Å². The molecule has 0 amide bonds. The van der Waals surface area contributed by atoms with Crippen molar-refractivity contribution in [3.8, 4) is 0 Å². The number of aryl methyl sites for hydroxylation is 1. The molecule has 1 heterocycles. The highest BCUT2D eigenvalue weighted by Crippen LogP contribution is 2.19. The summed E-state index contributed by atoms with van der Waals surface area (Å²) in [5, 5.41) is 9.11. The first-order valence-corrected chi connectivity index (χ1v) is 7.22. The number of aliphatic carboxylic acids is 1. The maximum atomic E-state index is 11.1. The zero-order valence-corrected chi connectivity index (χ0v) is 11.6. The predicted octanol–water partition coefficient (Wildman–Crippen LogP) is 2.94. The minimum absolute atomic E-state index is 0.187. The molecule has 19 heavy (non-hydrogen) atoms. The summed E-state index contributed by atoms with van der Waals surface area (Å²) in [7, 11) is 0. The molecule has 0 saturated carbocycles. The van der Waals surface area contributed by atoms with Crippen LogP contribution in [0.25, 0.3) is 0 Å². The molecule has 1 aromatic carbocycles. The molecule has 0 aromatic heterocycles. The van der Waals surface area contributed by atoms with Gasteiger partial charge >= 0.3 is 5.97 Å². The van der Waals surface area contributed by atoms with E-state index in [-0.39, 0.29) is 5.92 Å². The summed E-state index contributed by atoms with van der Waals surface area (Å²) >= 11 is 0. The summed E-state index contributed by atoms with van der Waals surface area (Å²) in [6, 6.07) is 8.68. The van der Waals surface area contributed by atoms with Gasteiger partial charge in [-0.2, -0.15) is 0 Å². The van der Waals surface area contributed by atoms with E-state index in [2.05, 4.69) is 36.1 Å². The van der Waals surface area contributed by atoms with Gasteiger partial charge < -0.3 is 5.11 Å². The molecular formula is C16H23NO2. The van der Waals surface area contributed by atoms with Gasteiger partial charge in [0.25, 0.3) is 0 Å². The second kappa shape index (κ2) is 6.71. The van der Waals surface area contributed by atoms with Gasteiger partial charge in [0.2, 0.25) is 0 Å². The Morgan fingerprint density at radius 2 is 2.21 bits per heavy atom. The van der Waals surface area contributed by atoms with Gasteiger partial charge in [-0.15, -0.1) is 0 Å². The Morgan fingerprint density at radius 3 is 2.95 bits per heavy atom. The minimum Gasteiger partial charge on any atom is -0.481 e. The highest BCUT2D eigenvalue weighted by molar-refractivity contribution is 5.70. The molecule has 1 saturated heterocycles. The van der Waals surface area contributed by atoms with E-state index in [1.54, 1.807) is 0 Å². The van der Waals surface area contributed by atoms with Crippen molar-refractivity contribution in [1.82, 2.24) is 4.90 Å². The van der Waals surface area contributed by atoms with Crippen LogP contribution in [0.2, 0.25) is 0 Å². The predicted molar refractivity (Wildman–Crippen MR) is 76.1 cm³/mol. The quantitative estimate of drug-likeness (QED) is 0.886. The first-order valence-electron chi connectivity index (χ1n) is 7.22. The van der Waals surface area contributed by atoms with Gasteiger partial charge in [0.15, 0.2) is 0 Å². The summed E-state index contributed by atoms with van der Waals surface area (Å²) < 4.78 is 0. The molecule has 3 heteroatoms. The molecule has 1 unspecified atom stereocenters. The molecule has 104 valence electrons. The number of carboxylic acids is 1. The van der Waals surface area contributed by atoms with E-state index in [1.807, 2.05) is 0 Å². The Bertz CT molecular complexity index is 431. The number of likely N-dealkylation sites (tertiary alicyclic amines) is 1. The van der Waals surface area contributed by atoms with E-state index < -0.39 is 5.97 Å². The minimum atomic E-state index is -0.649. The molecule has 0 radical (unpaired) electrons. The molecule has 2 rings (SSSR count). The molecule has 1 fully saturated rings. The van der Waals surface area contributed by atoms with Crippen molar-refractivity contribution in [2.75, 3.05) is 13.1 Å². The SMILES string of the molecule is CCCc1cccc(CN2CCCC(C(=O)O)C2)c1. The van der Waals surface area contributed by atoms with Crippen molar-refractivity contribution in [3.05, 3.63) is 35.4 Å². The summed E-state index contributed by atoms with van der Waals surface area (Å²) in [5.74, 6) is -0.836. The average molecular weight is 261 g/mol. The van der Waals surface area contributed by atoms with Gasteiger partial charge in [0.1, 0.15) is 0 Å². The van der Waals surface area contributed by atoms with Gasteiger partial charge in [-0.3, -0.25) is 9.69 Å². The van der Waals surface area contributed by atoms with Gasteiger partial charge in [-0.25, -0.2) is 0 Å². The molecule has 3 nitrogen and oxygen atoms in total. The number of carboxylic acid groups (broad SMARTS) is 1. The molecular weight excluding hydrogens is 238 g/mol. The van der Waals surface area contributed by atoms with Crippen LogP contribution in [-0.4, -0.2) is 29.1 Å². The number of benzene rings is 1. The van der Waals surface area contributed by atoms with E-state index in [0.717, 1.165) is 38.8 Å². The van der Waals surface area contributed by atoms with E-state index in [9.17, 15) is 4.79 Å². The first kappa shape index (κ1) is 14.1. The van der Waals surface area contributed by atoms with E-state index >= 15 is 0 Å². The number of hydrogen-bond acceptors (Lipinski definition) is 2. The highest BCUT2D eigenvalue weighted by Gasteiger charge is 2.25. The molecule has 0 bridgehead atoms. The van der Waals surface area contributed by atoms with Crippen LogP contribution >= 0.6 is 0 Å². The maximum Gasteiger partial charge on any atom is 0.307 e. The third-order valence-corrected chi connectivity index (χ3v) is 3.79. The first-order chi connectivity index (χ1) is 9.19. The fraction of sp³-hybridized carbons (Fsp3) is 0.562. The van der Waals surface area contributed by atoms with Crippen molar-refractivity contribution in [3.63, 3.8) is 0 Å². The Morgan fingerprint density at radius 1 is 1.42 bits per heavy atom. The zero-order chi connectivity index (χ0) is 13.7. The molecule has 0 spiro atoms. The number of carbonyl (C=O) groups is 1. The Labute approximate surface area is 115 Å². The summed E-state index contributed by atoms with van der Waals surface area (Å²) in [4.78, 5) is 13.3. The van der Waals surface area contributed by atoms with Crippen LogP contribution in [-0.2, 0) is 17.8 Å². The normalized spacial score (nSPS) is 20.4. The van der Waals surface area contributed by atoms with E-state index in [1.165, 1.54) is 11.1 Å². The van der Waals surface area contributed by atoms with Gasteiger partial charge in [0, 0.05) is 13.1 Å². The number of nitrogens with zero attached hydrogens (tertiary/aromatic N) is 1. The van der Waals surface area contributed by atoms with Crippen LogP contribution in [0.15, 0.2) is 24.3 Å². The van der Waals surface area contributed by atoms with Crippen LogP contribution < -0.4 is 0 Å². The maximum absolute atomic E-state index is 11.1. The zero-order valence-electron chi connectivity index (χ0n) is 11.6. The lowest BCUT2D eigenvalue weighted by atomic mass is 9.97. The second-order valence-corrected chi connectivity index (χ2v) is 5.48. The smallest absolute Gasteiger partial charge is 0.307 e. The van der Waals surface area contributed by atoms with E-state index in [0.29, 0.717) is 6.54 Å². The van der Waals surface area contributed by atoms with Crippen LogP contribution in [0.3, 0.4) is 0 Å². The molecule has 1 aromatic rings. The second-order valence-electron chi connectivity index (χ2n) is 5.48. The van der Waals surface area contributed by atoms with Gasteiger partial charge in [0.05, 0.1) is 5.92 Å². The molecule has 1 N–H and O–H groups in total. The molecule has 0 aliphatic carbocycles. The number of piperidine rings is 1. The Hall–Kier alpha value is -1.35. The van der Waals surface area contributed by atoms with Crippen LogP contribution in [0, 0.1) is 5.92 Å². The molecule has 1 aliphatic rings. The summed E-state index contributed by atoms with van der Waals surface area (Å²) in [6.45, 7) is 4.77. The highest BCUT2D eigenvalue weighted by atomic mass is 16.4. The average Bonchev–Trinajstić information content (AvgIpc) is 2.40. The van der Waals surface area contributed by atoms with Crippen LogP contribution in [0.4, 0.5) is 0 Å². The standard InChI is InChI=1S/C16H23NO2/c1-2-5-13-6-3-7-14(10-13)11-17-9-4-8-15(12-17)16(18)19/h3,6-7,10,15H,2,4-5,8-9,11-12H2,1H3,(H,18,19). The van der Waals surface area contributed by atoms with Crippen molar-refractivity contribution in [2.24, 2.45) is 5.92 Å². The fourth-order valence-electron chi connectivity index (χ4n) is 2.83.